The Morgan fingerprint density at radius 3 is 2.23 bits per heavy atom. The number of hydrogen-bond donors (Lipinski definition) is 0. The van der Waals surface area contributed by atoms with E-state index >= 15 is 0 Å². The molecule has 0 amide bonds. The topological polar surface area (TPSA) is 84.2 Å². The van der Waals surface area contributed by atoms with Gasteiger partial charge in [-0.3, -0.25) is 14.4 Å². The van der Waals surface area contributed by atoms with Gasteiger partial charge in [-0.25, -0.2) is 0 Å². The van der Waals surface area contributed by atoms with Crippen molar-refractivity contribution in [1.82, 2.24) is 0 Å². The van der Waals surface area contributed by atoms with E-state index < -0.39 is 10.8 Å². The summed E-state index contributed by atoms with van der Waals surface area (Å²) in [5.74, 6) is -0.105. The highest BCUT2D eigenvalue weighted by Gasteiger charge is 2.65. The molecular weight excluding hydrogens is 498 g/mol. The Hall–Kier alpha value is -2.22. The van der Waals surface area contributed by atoms with Crippen molar-refractivity contribution in [2.24, 2.45) is 44.3 Å². The quantitative estimate of drug-likeness (QED) is 0.334. The molecule has 2 fully saturated rings. The van der Waals surface area contributed by atoms with Crippen LogP contribution in [0, 0.1) is 55.7 Å². The number of Topliss-reactive ketones (excluding diaryl/α,β-unsaturated/α-hetero) is 1. The maximum Gasteiger partial charge on any atom is 0.302 e. The summed E-state index contributed by atoms with van der Waals surface area (Å²) in [6.45, 7) is 19.8. The monoisotopic (exact) mass is 549 g/mol. The lowest BCUT2D eigenvalue weighted by Gasteiger charge is -2.65. The smallest absolute Gasteiger partial charge is 0.302 e. The van der Waals surface area contributed by atoms with Gasteiger partial charge < -0.3 is 4.74 Å². The van der Waals surface area contributed by atoms with Crippen LogP contribution in [0.1, 0.15) is 120 Å². The van der Waals surface area contributed by atoms with Gasteiger partial charge in [0, 0.05) is 23.7 Å². The van der Waals surface area contributed by atoms with Crippen LogP contribution < -0.4 is 0 Å². The highest BCUT2D eigenvalue weighted by Crippen LogP contribution is 2.70. The number of rotatable bonds is 3. The van der Waals surface area contributed by atoms with Crippen molar-refractivity contribution in [3.05, 3.63) is 23.3 Å². The third-order valence-electron chi connectivity index (χ3n) is 12.5. The minimum absolute atomic E-state index is 0.00653. The first-order chi connectivity index (χ1) is 18.4. The Labute approximate surface area is 242 Å². The van der Waals surface area contributed by atoms with Crippen molar-refractivity contribution in [2.75, 3.05) is 6.61 Å². The molecule has 40 heavy (non-hydrogen) atoms. The van der Waals surface area contributed by atoms with Crippen molar-refractivity contribution in [3.8, 4) is 6.07 Å². The average Bonchev–Trinajstić information content (AvgIpc) is 2.85. The maximum absolute atomic E-state index is 14.2. The molecule has 0 aromatic heterocycles. The molecule has 0 aromatic carbocycles. The number of fused-ring (bicyclic) bond motifs is 5. The van der Waals surface area contributed by atoms with E-state index in [1.54, 1.807) is 0 Å². The Morgan fingerprint density at radius 1 is 0.950 bits per heavy atom. The van der Waals surface area contributed by atoms with Gasteiger partial charge in [0.25, 0.3) is 0 Å². The lowest BCUT2D eigenvalue weighted by atomic mass is 9.38. The highest BCUT2D eigenvalue weighted by atomic mass is 16.5. The van der Waals surface area contributed by atoms with E-state index in [1.807, 2.05) is 26.0 Å². The molecule has 0 radical (unpaired) electrons. The second-order valence-electron chi connectivity index (χ2n) is 16.0. The Kier molecular flexibility index (Phi) is 7.65. The van der Waals surface area contributed by atoms with Crippen LogP contribution in [0.5, 0.6) is 0 Å². The van der Waals surface area contributed by atoms with Gasteiger partial charge in [-0.2, -0.15) is 5.26 Å². The van der Waals surface area contributed by atoms with Gasteiger partial charge in [0.1, 0.15) is 6.07 Å². The van der Waals surface area contributed by atoms with E-state index in [1.165, 1.54) is 6.92 Å². The van der Waals surface area contributed by atoms with E-state index in [4.69, 9.17) is 4.74 Å². The lowest BCUT2D eigenvalue weighted by molar-refractivity contribution is -0.143. The fourth-order valence-corrected chi connectivity index (χ4v) is 9.33. The number of esters is 1. The largest absolute Gasteiger partial charge is 0.466 e. The number of nitrogens with zero attached hydrogens (tertiary/aromatic N) is 1. The fraction of sp³-hybridized carbons (Fsp3) is 0.771. The molecule has 1 unspecified atom stereocenters. The minimum atomic E-state index is -0.660. The van der Waals surface area contributed by atoms with Crippen molar-refractivity contribution in [3.63, 3.8) is 0 Å². The Bertz CT molecular complexity index is 1200. The number of carbonyl (C=O) groups excluding carboxylic acids is 3. The molecule has 0 heterocycles. The molecule has 0 N–H and O–H groups in total. The number of hydrogen-bond acceptors (Lipinski definition) is 5. The molecule has 2 saturated carbocycles. The van der Waals surface area contributed by atoms with Gasteiger partial charge in [-0.1, -0.05) is 67.0 Å². The number of ketones is 2. The zero-order valence-electron chi connectivity index (χ0n) is 26.5. The SMILES string of the molecule is CC(=O)OCC[C@@]1(C)CCC(C)(C)CCC2C(=O)C=C3[C@@]4(C)C=C(C#N)C(=O)C(C)(C)[C@@H]4CC[C@@]3(C)[C@]2(C)CC1. The number of ether oxygens (including phenoxy) is 1. The van der Waals surface area contributed by atoms with E-state index in [9.17, 15) is 19.6 Å². The summed E-state index contributed by atoms with van der Waals surface area (Å²) >= 11 is 0. The molecule has 5 heteroatoms. The second-order valence-corrected chi connectivity index (χ2v) is 16.0. The summed E-state index contributed by atoms with van der Waals surface area (Å²) in [7, 11) is 0. The molecule has 0 saturated heterocycles. The van der Waals surface area contributed by atoms with Crippen molar-refractivity contribution >= 4 is 17.5 Å². The summed E-state index contributed by atoms with van der Waals surface area (Å²) in [5.41, 5.74) is -0.180. The van der Waals surface area contributed by atoms with Crippen molar-refractivity contribution in [2.45, 2.75) is 120 Å². The summed E-state index contributed by atoms with van der Waals surface area (Å²) in [6, 6.07) is 2.20. The van der Waals surface area contributed by atoms with E-state index in [2.05, 4.69) is 47.6 Å². The first kappa shape index (κ1) is 30.7. The third kappa shape index (κ3) is 4.82. The van der Waals surface area contributed by atoms with Gasteiger partial charge in [-0.05, 0) is 91.4 Å². The van der Waals surface area contributed by atoms with Gasteiger partial charge >= 0.3 is 5.97 Å². The fourth-order valence-electron chi connectivity index (χ4n) is 9.33. The second kappa shape index (κ2) is 9.95. The van der Waals surface area contributed by atoms with E-state index in [-0.39, 0.29) is 56.6 Å². The van der Waals surface area contributed by atoms with Crippen LogP contribution in [-0.2, 0) is 19.1 Å². The molecule has 4 aliphatic carbocycles. The Balaban J connectivity index is 1.82. The maximum atomic E-state index is 14.2. The van der Waals surface area contributed by atoms with Crippen LogP contribution in [0.15, 0.2) is 23.3 Å². The normalized spacial score (nSPS) is 40.8. The van der Waals surface area contributed by atoms with Gasteiger partial charge in [0.15, 0.2) is 11.6 Å². The molecule has 0 bridgehead atoms. The summed E-state index contributed by atoms with van der Waals surface area (Å²) < 4.78 is 5.40. The molecule has 4 rings (SSSR count). The molecular formula is C35H51NO4. The van der Waals surface area contributed by atoms with Crippen LogP contribution >= 0.6 is 0 Å². The van der Waals surface area contributed by atoms with Crippen LogP contribution in [-0.4, -0.2) is 24.1 Å². The summed E-state index contributed by atoms with van der Waals surface area (Å²) in [4.78, 5) is 39.0. The van der Waals surface area contributed by atoms with Crippen LogP contribution in [0.3, 0.4) is 0 Å². The minimum Gasteiger partial charge on any atom is -0.466 e. The molecule has 5 nitrogen and oxygen atoms in total. The summed E-state index contributed by atoms with van der Waals surface area (Å²) in [6.07, 6.45) is 12.4. The Morgan fingerprint density at radius 2 is 1.60 bits per heavy atom. The van der Waals surface area contributed by atoms with E-state index in [0.717, 1.165) is 63.4 Å². The number of carbonyl (C=O) groups is 3. The first-order valence-corrected chi connectivity index (χ1v) is 15.4. The zero-order valence-corrected chi connectivity index (χ0v) is 26.5. The zero-order chi connectivity index (χ0) is 29.9. The van der Waals surface area contributed by atoms with Gasteiger partial charge in [-0.15, -0.1) is 0 Å². The predicted molar refractivity (Wildman–Crippen MR) is 157 cm³/mol. The molecule has 4 aliphatic rings. The highest BCUT2D eigenvalue weighted by molar-refractivity contribution is 6.04. The molecule has 6 atom stereocenters. The van der Waals surface area contributed by atoms with Crippen molar-refractivity contribution in [1.29, 1.82) is 5.26 Å². The molecule has 0 aliphatic heterocycles. The van der Waals surface area contributed by atoms with Crippen LogP contribution in [0.4, 0.5) is 0 Å². The van der Waals surface area contributed by atoms with Crippen LogP contribution in [0.2, 0.25) is 0 Å². The van der Waals surface area contributed by atoms with E-state index in [0.29, 0.717) is 6.61 Å². The predicted octanol–water partition coefficient (Wildman–Crippen LogP) is 7.94. The standard InChI is InChI=1S/C35H51NO4/c1-23(37)40-19-18-32(6)15-14-30(2,3)12-10-25-26(38)20-28-33(7)21-24(22-36)29(39)31(4,5)27(33)11-13-35(28,9)34(25,8)17-16-32/h20-21,25,27H,10-19H2,1-9H3/t25?,27-,32-,33-,34+,35+/m0/s1. The lowest BCUT2D eigenvalue weighted by Crippen LogP contribution is -2.60. The summed E-state index contributed by atoms with van der Waals surface area (Å²) in [5, 5.41) is 9.93. The first-order valence-electron chi connectivity index (χ1n) is 15.4. The molecule has 220 valence electrons. The third-order valence-corrected chi connectivity index (χ3v) is 12.5. The molecule has 0 spiro atoms. The number of allylic oxidation sites excluding steroid dienone is 4. The van der Waals surface area contributed by atoms with Crippen LogP contribution in [0.25, 0.3) is 0 Å². The average molecular weight is 550 g/mol. The van der Waals surface area contributed by atoms with Gasteiger partial charge in [0.05, 0.1) is 12.2 Å². The van der Waals surface area contributed by atoms with Crippen molar-refractivity contribution < 1.29 is 19.1 Å². The number of nitriles is 1. The van der Waals surface area contributed by atoms with Gasteiger partial charge in [0.2, 0.25) is 0 Å². The molecule has 0 aromatic rings.